The number of sulfonamides is 1. The minimum atomic E-state index is -3.94. The molecule has 1 rings (SSSR count). The summed E-state index contributed by atoms with van der Waals surface area (Å²) in [6, 6.07) is 3.03. The van der Waals surface area contributed by atoms with E-state index in [9.17, 15) is 17.6 Å². The second kappa shape index (κ2) is 5.98. The van der Waals surface area contributed by atoms with Gasteiger partial charge >= 0.3 is 0 Å². The van der Waals surface area contributed by atoms with E-state index in [2.05, 4.69) is 10.0 Å². The summed E-state index contributed by atoms with van der Waals surface area (Å²) in [7, 11) is -3.94. The van der Waals surface area contributed by atoms with Gasteiger partial charge in [-0.05, 0) is 32.0 Å². The zero-order valence-corrected chi connectivity index (χ0v) is 11.4. The normalized spacial score (nSPS) is 11.6. The number of rotatable bonds is 5. The highest BCUT2D eigenvalue weighted by Crippen LogP contribution is 2.15. The van der Waals surface area contributed by atoms with Crippen molar-refractivity contribution in [3.8, 4) is 0 Å². The van der Waals surface area contributed by atoms with Crippen molar-refractivity contribution in [2.75, 3.05) is 12.3 Å². The SMILES string of the molecule is CC(C)NC(=O)CNS(=O)(=O)c1ccc(N)c(F)c1. The minimum absolute atomic E-state index is 0.0917. The molecule has 0 aliphatic heterocycles. The molecule has 0 aliphatic carbocycles. The van der Waals surface area contributed by atoms with E-state index in [4.69, 9.17) is 5.73 Å². The third-order valence-corrected chi connectivity index (χ3v) is 3.55. The second-order valence-corrected chi connectivity index (χ2v) is 6.00. The first kappa shape index (κ1) is 15.4. The van der Waals surface area contributed by atoms with Gasteiger partial charge in [0.1, 0.15) is 5.82 Å². The lowest BCUT2D eigenvalue weighted by atomic mass is 10.3. The molecule has 0 unspecified atom stereocenters. The van der Waals surface area contributed by atoms with Crippen LogP contribution in [0.5, 0.6) is 0 Å². The molecular weight excluding hydrogens is 273 g/mol. The number of hydrogen-bond acceptors (Lipinski definition) is 4. The molecule has 0 aliphatic rings. The maximum absolute atomic E-state index is 13.2. The zero-order chi connectivity index (χ0) is 14.6. The Morgan fingerprint density at radius 3 is 2.58 bits per heavy atom. The van der Waals surface area contributed by atoms with E-state index in [1.807, 2.05) is 0 Å². The zero-order valence-electron chi connectivity index (χ0n) is 10.6. The predicted molar refractivity (Wildman–Crippen MR) is 69.3 cm³/mol. The number of carbonyl (C=O) groups is 1. The number of nitrogens with one attached hydrogen (secondary N) is 2. The van der Waals surface area contributed by atoms with Crippen molar-refractivity contribution in [1.82, 2.24) is 10.0 Å². The van der Waals surface area contributed by atoms with Crippen LogP contribution in [0.4, 0.5) is 10.1 Å². The standard InChI is InChI=1S/C11H16FN3O3S/c1-7(2)15-11(16)6-14-19(17,18)8-3-4-10(13)9(12)5-8/h3-5,7,14H,6,13H2,1-2H3,(H,15,16). The van der Waals surface area contributed by atoms with Gasteiger partial charge in [0.2, 0.25) is 15.9 Å². The summed E-state index contributed by atoms with van der Waals surface area (Å²) in [6.07, 6.45) is 0. The molecule has 4 N–H and O–H groups in total. The van der Waals surface area contributed by atoms with Crippen molar-refractivity contribution in [3.05, 3.63) is 24.0 Å². The van der Waals surface area contributed by atoms with E-state index in [1.54, 1.807) is 13.8 Å². The van der Waals surface area contributed by atoms with Crippen molar-refractivity contribution in [2.45, 2.75) is 24.8 Å². The lowest BCUT2D eigenvalue weighted by Gasteiger charge is -2.10. The fraction of sp³-hybridized carbons (Fsp3) is 0.364. The molecule has 8 heteroatoms. The number of carbonyl (C=O) groups excluding carboxylic acids is 1. The largest absolute Gasteiger partial charge is 0.396 e. The van der Waals surface area contributed by atoms with Crippen LogP contribution in [0, 0.1) is 5.82 Å². The van der Waals surface area contributed by atoms with Gasteiger partial charge in [0, 0.05) is 6.04 Å². The smallest absolute Gasteiger partial charge is 0.241 e. The van der Waals surface area contributed by atoms with Gasteiger partial charge in [-0.1, -0.05) is 0 Å². The Labute approximate surface area is 111 Å². The van der Waals surface area contributed by atoms with Crippen LogP contribution in [0.15, 0.2) is 23.1 Å². The number of amides is 1. The molecule has 0 spiro atoms. The molecule has 0 saturated heterocycles. The predicted octanol–water partition coefficient (Wildman–Crippen LogP) is 0.211. The van der Waals surface area contributed by atoms with Crippen molar-refractivity contribution in [2.24, 2.45) is 0 Å². The molecule has 1 aromatic carbocycles. The summed E-state index contributed by atoms with van der Waals surface area (Å²) in [5.41, 5.74) is 5.11. The third-order valence-electron chi connectivity index (χ3n) is 2.15. The van der Waals surface area contributed by atoms with Gasteiger partial charge in [-0.25, -0.2) is 17.5 Å². The van der Waals surface area contributed by atoms with Gasteiger partial charge in [-0.2, -0.15) is 0 Å². The molecule has 106 valence electrons. The number of halogens is 1. The summed E-state index contributed by atoms with van der Waals surface area (Å²) in [4.78, 5) is 11.0. The van der Waals surface area contributed by atoms with E-state index in [1.165, 1.54) is 6.07 Å². The Morgan fingerprint density at radius 1 is 1.42 bits per heavy atom. The third kappa shape index (κ3) is 4.49. The van der Waals surface area contributed by atoms with Crippen molar-refractivity contribution < 1.29 is 17.6 Å². The Bertz CT molecular complexity index is 573. The van der Waals surface area contributed by atoms with Crippen molar-refractivity contribution >= 4 is 21.6 Å². The Balaban J connectivity index is 2.76. The highest BCUT2D eigenvalue weighted by Gasteiger charge is 2.17. The molecule has 0 aromatic heterocycles. The van der Waals surface area contributed by atoms with E-state index >= 15 is 0 Å². The number of nitrogens with two attached hydrogens (primary N) is 1. The van der Waals surface area contributed by atoms with Crippen LogP contribution in [0.25, 0.3) is 0 Å². The van der Waals surface area contributed by atoms with Crippen molar-refractivity contribution in [1.29, 1.82) is 0 Å². The molecule has 19 heavy (non-hydrogen) atoms. The van der Waals surface area contributed by atoms with Crippen molar-refractivity contribution in [3.63, 3.8) is 0 Å². The molecule has 0 fully saturated rings. The summed E-state index contributed by atoms with van der Waals surface area (Å²) < 4.78 is 38.8. The van der Waals surface area contributed by atoms with Gasteiger partial charge in [-0.3, -0.25) is 4.79 Å². The first-order valence-electron chi connectivity index (χ1n) is 5.56. The van der Waals surface area contributed by atoms with E-state index in [0.717, 1.165) is 12.1 Å². The maximum Gasteiger partial charge on any atom is 0.241 e. The molecular formula is C11H16FN3O3S. The number of benzene rings is 1. The van der Waals surface area contributed by atoms with Gasteiger partial charge in [0.25, 0.3) is 0 Å². The fourth-order valence-corrected chi connectivity index (χ4v) is 2.29. The molecule has 0 radical (unpaired) electrons. The summed E-state index contributed by atoms with van der Waals surface area (Å²) >= 11 is 0. The lowest BCUT2D eigenvalue weighted by Crippen LogP contribution is -2.39. The average Bonchev–Trinajstić information content (AvgIpc) is 2.29. The summed E-state index contributed by atoms with van der Waals surface area (Å²) in [6.45, 7) is 3.09. The fourth-order valence-electron chi connectivity index (χ4n) is 1.29. The Kier molecular flexibility index (Phi) is 4.84. The number of anilines is 1. The van der Waals surface area contributed by atoms with Crippen LogP contribution in [0.3, 0.4) is 0 Å². The molecule has 0 heterocycles. The maximum atomic E-state index is 13.2. The van der Waals surface area contributed by atoms with Gasteiger partial charge < -0.3 is 11.1 Å². The lowest BCUT2D eigenvalue weighted by molar-refractivity contribution is -0.120. The monoisotopic (exact) mass is 289 g/mol. The number of hydrogen-bond donors (Lipinski definition) is 3. The van der Waals surface area contributed by atoms with E-state index in [-0.39, 0.29) is 16.6 Å². The van der Waals surface area contributed by atoms with Gasteiger partial charge in [0.15, 0.2) is 0 Å². The first-order valence-corrected chi connectivity index (χ1v) is 7.05. The topological polar surface area (TPSA) is 101 Å². The van der Waals surface area contributed by atoms with Gasteiger partial charge in [-0.15, -0.1) is 0 Å². The van der Waals surface area contributed by atoms with Gasteiger partial charge in [0.05, 0.1) is 17.1 Å². The minimum Gasteiger partial charge on any atom is -0.396 e. The number of nitrogen functional groups attached to an aromatic ring is 1. The molecule has 1 aromatic rings. The summed E-state index contributed by atoms with van der Waals surface area (Å²) in [5, 5.41) is 2.53. The van der Waals surface area contributed by atoms with Crippen LogP contribution >= 0.6 is 0 Å². The molecule has 0 atom stereocenters. The van der Waals surface area contributed by atoms with Crippen LogP contribution < -0.4 is 15.8 Å². The van der Waals surface area contributed by atoms with Crippen LogP contribution in [0.1, 0.15) is 13.8 Å². The first-order chi connectivity index (χ1) is 8.72. The Morgan fingerprint density at radius 2 is 2.05 bits per heavy atom. The molecule has 1 amide bonds. The van der Waals surface area contributed by atoms with Crippen LogP contribution in [0.2, 0.25) is 0 Å². The highest BCUT2D eigenvalue weighted by atomic mass is 32.2. The Hall–Kier alpha value is -1.67. The van der Waals surface area contributed by atoms with Crippen LogP contribution in [-0.4, -0.2) is 26.9 Å². The molecule has 6 nitrogen and oxygen atoms in total. The average molecular weight is 289 g/mol. The van der Waals surface area contributed by atoms with E-state index in [0.29, 0.717) is 0 Å². The van der Waals surface area contributed by atoms with E-state index < -0.39 is 28.3 Å². The quantitative estimate of drug-likeness (QED) is 0.674. The summed E-state index contributed by atoms with van der Waals surface area (Å²) in [5.74, 6) is -1.29. The van der Waals surface area contributed by atoms with Crippen LogP contribution in [-0.2, 0) is 14.8 Å². The molecule has 0 saturated carbocycles. The second-order valence-electron chi connectivity index (χ2n) is 4.23. The molecule has 0 bridgehead atoms. The highest BCUT2D eigenvalue weighted by molar-refractivity contribution is 7.89.